The summed E-state index contributed by atoms with van der Waals surface area (Å²) in [6, 6.07) is 18.2. The van der Waals surface area contributed by atoms with Crippen molar-refractivity contribution in [2.24, 2.45) is 5.92 Å². The van der Waals surface area contributed by atoms with Gasteiger partial charge in [0, 0.05) is 5.41 Å². The molecule has 0 fully saturated rings. The molecule has 0 spiro atoms. The lowest BCUT2D eigenvalue weighted by Crippen LogP contribution is -2.61. The Labute approximate surface area is 152 Å². The minimum Gasteiger partial charge on any atom is -0.338 e. The monoisotopic (exact) mass is 363 g/mol. The van der Waals surface area contributed by atoms with Crippen molar-refractivity contribution in [1.82, 2.24) is 5.32 Å². The summed E-state index contributed by atoms with van der Waals surface area (Å²) in [4.78, 5) is 11.9. The molecule has 26 heavy (non-hydrogen) atoms. The first-order valence-corrected chi connectivity index (χ1v) is 8.54. The van der Waals surface area contributed by atoms with E-state index in [0.29, 0.717) is 5.56 Å². The SMILES string of the molecule is CC(C)[C@@](C)(c1ccccc1)[C@](C)(NC(=O)C(F)(F)F)c1ccccc1. The van der Waals surface area contributed by atoms with E-state index in [1.807, 2.05) is 51.1 Å². The number of rotatable bonds is 5. The Morgan fingerprint density at radius 3 is 1.65 bits per heavy atom. The fourth-order valence-electron chi connectivity index (χ4n) is 3.55. The van der Waals surface area contributed by atoms with E-state index in [4.69, 9.17) is 0 Å². The second kappa shape index (κ2) is 7.14. The summed E-state index contributed by atoms with van der Waals surface area (Å²) in [5, 5.41) is 2.31. The van der Waals surface area contributed by atoms with Crippen molar-refractivity contribution in [3.63, 3.8) is 0 Å². The van der Waals surface area contributed by atoms with E-state index in [1.165, 1.54) is 0 Å². The Bertz CT molecular complexity index is 743. The molecule has 0 unspecified atom stereocenters. The summed E-state index contributed by atoms with van der Waals surface area (Å²) in [6.45, 7) is 7.47. The number of alkyl halides is 3. The first kappa shape index (κ1) is 20.0. The Morgan fingerprint density at radius 1 is 0.846 bits per heavy atom. The molecule has 140 valence electrons. The highest BCUT2D eigenvalue weighted by molar-refractivity contribution is 5.83. The third-order valence-corrected chi connectivity index (χ3v) is 5.54. The molecule has 2 rings (SSSR count). The molecule has 1 N–H and O–H groups in total. The van der Waals surface area contributed by atoms with Crippen molar-refractivity contribution in [3.05, 3.63) is 71.8 Å². The molecular formula is C21H24F3NO. The maximum Gasteiger partial charge on any atom is 0.471 e. The van der Waals surface area contributed by atoms with E-state index in [1.54, 1.807) is 37.3 Å². The summed E-state index contributed by atoms with van der Waals surface area (Å²) in [6.07, 6.45) is -4.95. The van der Waals surface area contributed by atoms with E-state index in [9.17, 15) is 18.0 Å². The van der Waals surface area contributed by atoms with E-state index in [-0.39, 0.29) is 5.92 Å². The number of carbonyl (C=O) groups excluding carboxylic acids is 1. The van der Waals surface area contributed by atoms with Gasteiger partial charge in [0.2, 0.25) is 0 Å². The topological polar surface area (TPSA) is 29.1 Å². The second-order valence-electron chi connectivity index (χ2n) is 7.17. The Hall–Kier alpha value is -2.30. The largest absolute Gasteiger partial charge is 0.471 e. The summed E-state index contributed by atoms with van der Waals surface area (Å²) >= 11 is 0. The predicted octanol–water partition coefficient (Wildman–Crippen LogP) is 5.19. The van der Waals surface area contributed by atoms with Crippen molar-refractivity contribution < 1.29 is 18.0 Å². The number of carbonyl (C=O) groups is 1. The average molecular weight is 363 g/mol. The Morgan fingerprint density at radius 2 is 1.27 bits per heavy atom. The zero-order chi connectivity index (χ0) is 19.6. The highest BCUT2D eigenvalue weighted by Gasteiger charge is 2.53. The van der Waals surface area contributed by atoms with Crippen molar-refractivity contribution in [2.45, 2.75) is 44.8 Å². The number of hydrogen-bond acceptors (Lipinski definition) is 1. The van der Waals surface area contributed by atoms with Gasteiger partial charge in [-0.05, 0) is 24.0 Å². The number of nitrogens with one attached hydrogen (secondary N) is 1. The van der Waals surface area contributed by atoms with Crippen molar-refractivity contribution in [1.29, 1.82) is 0 Å². The van der Waals surface area contributed by atoms with Gasteiger partial charge >= 0.3 is 12.1 Å². The van der Waals surface area contributed by atoms with Gasteiger partial charge in [-0.1, -0.05) is 81.4 Å². The predicted molar refractivity (Wildman–Crippen MR) is 96.6 cm³/mol. The van der Waals surface area contributed by atoms with Crippen LogP contribution in [0.25, 0.3) is 0 Å². The van der Waals surface area contributed by atoms with Crippen LogP contribution in [0.1, 0.15) is 38.8 Å². The van der Waals surface area contributed by atoms with Crippen molar-refractivity contribution in [3.8, 4) is 0 Å². The number of amides is 1. The summed E-state index contributed by atoms with van der Waals surface area (Å²) < 4.78 is 39.2. The molecular weight excluding hydrogens is 339 g/mol. The molecule has 0 bridgehead atoms. The highest BCUT2D eigenvalue weighted by Crippen LogP contribution is 2.47. The van der Waals surface area contributed by atoms with Crippen molar-refractivity contribution in [2.75, 3.05) is 0 Å². The lowest BCUT2D eigenvalue weighted by molar-refractivity contribution is -0.177. The van der Waals surface area contributed by atoms with Crippen LogP contribution in [0.15, 0.2) is 60.7 Å². The van der Waals surface area contributed by atoms with Crippen LogP contribution >= 0.6 is 0 Å². The van der Waals surface area contributed by atoms with Gasteiger partial charge in [-0.2, -0.15) is 13.2 Å². The van der Waals surface area contributed by atoms with Crippen molar-refractivity contribution >= 4 is 5.91 Å². The van der Waals surface area contributed by atoms with Gasteiger partial charge in [0.25, 0.3) is 0 Å². The van der Waals surface area contributed by atoms with Crippen LogP contribution < -0.4 is 5.32 Å². The van der Waals surface area contributed by atoms with Crippen LogP contribution in [-0.2, 0) is 15.7 Å². The molecule has 0 radical (unpaired) electrons. The number of halogens is 3. The van der Waals surface area contributed by atoms with Gasteiger partial charge in [-0.15, -0.1) is 0 Å². The smallest absolute Gasteiger partial charge is 0.338 e. The lowest BCUT2D eigenvalue weighted by Gasteiger charge is -2.50. The van der Waals surface area contributed by atoms with Crippen LogP contribution in [-0.4, -0.2) is 12.1 Å². The Kier molecular flexibility index (Phi) is 5.49. The van der Waals surface area contributed by atoms with Gasteiger partial charge in [0.15, 0.2) is 0 Å². The van der Waals surface area contributed by atoms with Crippen LogP contribution in [0.3, 0.4) is 0 Å². The molecule has 0 aliphatic carbocycles. The molecule has 0 aliphatic heterocycles. The lowest BCUT2D eigenvalue weighted by atomic mass is 9.58. The summed E-state index contributed by atoms with van der Waals surface area (Å²) in [5.41, 5.74) is -0.561. The standard InChI is InChI=1S/C21H24F3NO/c1-15(2)19(3,16-11-7-5-8-12-16)20(4,17-13-9-6-10-14-17)25-18(26)21(22,23)24/h5-15H,1-4H3,(H,25,26)/t19-,20+/m0/s1. The number of hydrogen-bond donors (Lipinski definition) is 1. The van der Waals surface area contributed by atoms with Crippen LogP contribution in [0.4, 0.5) is 13.2 Å². The molecule has 0 aromatic heterocycles. The molecule has 0 saturated heterocycles. The fourth-order valence-corrected chi connectivity index (χ4v) is 3.55. The second-order valence-corrected chi connectivity index (χ2v) is 7.17. The van der Waals surface area contributed by atoms with E-state index >= 15 is 0 Å². The summed E-state index contributed by atoms with van der Waals surface area (Å²) in [5.74, 6) is -1.99. The molecule has 1 amide bonds. The molecule has 0 saturated carbocycles. The van der Waals surface area contributed by atoms with Gasteiger partial charge in [0.1, 0.15) is 0 Å². The zero-order valence-corrected chi connectivity index (χ0v) is 15.4. The third kappa shape index (κ3) is 3.48. The first-order valence-electron chi connectivity index (χ1n) is 8.54. The molecule has 2 aromatic rings. The van der Waals surface area contributed by atoms with Gasteiger partial charge < -0.3 is 5.32 Å². The molecule has 2 aromatic carbocycles. The third-order valence-electron chi connectivity index (χ3n) is 5.54. The van der Waals surface area contributed by atoms with Gasteiger partial charge in [-0.3, -0.25) is 4.79 Å². The normalized spacial score (nSPS) is 16.6. The summed E-state index contributed by atoms with van der Waals surface area (Å²) in [7, 11) is 0. The zero-order valence-electron chi connectivity index (χ0n) is 15.4. The minimum atomic E-state index is -4.95. The van der Waals surface area contributed by atoms with E-state index in [0.717, 1.165) is 5.56 Å². The molecule has 2 atom stereocenters. The molecule has 2 nitrogen and oxygen atoms in total. The van der Waals surface area contributed by atoms with Crippen LogP contribution in [0.2, 0.25) is 0 Å². The van der Waals surface area contributed by atoms with E-state index < -0.39 is 23.0 Å². The Balaban J connectivity index is 2.71. The molecule has 0 aliphatic rings. The molecule has 0 heterocycles. The first-order chi connectivity index (χ1) is 12.0. The van der Waals surface area contributed by atoms with Crippen LogP contribution in [0.5, 0.6) is 0 Å². The maximum absolute atomic E-state index is 13.1. The maximum atomic E-state index is 13.1. The minimum absolute atomic E-state index is 0.0522. The van der Waals surface area contributed by atoms with Gasteiger partial charge in [-0.25, -0.2) is 0 Å². The highest BCUT2D eigenvalue weighted by atomic mass is 19.4. The van der Waals surface area contributed by atoms with E-state index in [2.05, 4.69) is 5.32 Å². The molecule has 5 heteroatoms. The fraction of sp³-hybridized carbons (Fsp3) is 0.381. The quantitative estimate of drug-likeness (QED) is 0.778. The van der Waals surface area contributed by atoms with Crippen LogP contribution in [0, 0.1) is 5.92 Å². The van der Waals surface area contributed by atoms with Gasteiger partial charge in [0.05, 0.1) is 5.54 Å². The average Bonchev–Trinajstić information content (AvgIpc) is 2.61. The number of benzene rings is 2.